The van der Waals surface area contributed by atoms with Crippen molar-refractivity contribution < 1.29 is 14.2 Å². The molecule has 0 atom stereocenters. The first-order valence-corrected chi connectivity index (χ1v) is 8.95. The lowest BCUT2D eigenvalue weighted by Gasteiger charge is -2.30. The Morgan fingerprint density at radius 1 is 1.12 bits per heavy atom. The maximum atomic E-state index is 13.7. The van der Waals surface area contributed by atoms with E-state index >= 15 is 0 Å². The number of aliphatic hydroxyl groups excluding tert-OH is 1. The summed E-state index contributed by atoms with van der Waals surface area (Å²) in [6.07, 6.45) is 2.02. The molecule has 1 N–H and O–H groups in total. The van der Waals surface area contributed by atoms with E-state index in [4.69, 9.17) is 4.74 Å². The summed E-state index contributed by atoms with van der Waals surface area (Å²) < 4.78 is 19.3. The molecular weight excluding hydrogens is 323 g/mol. The molecule has 0 saturated carbocycles. The van der Waals surface area contributed by atoms with Crippen molar-refractivity contribution in [3.63, 3.8) is 0 Å². The largest absolute Gasteiger partial charge is 0.392 e. The molecule has 4 heteroatoms. The number of hydrogen-bond donors (Lipinski definition) is 1. The predicted octanol–water partition coefficient (Wildman–Crippen LogP) is 4.88. The van der Waals surface area contributed by atoms with Gasteiger partial charge in [-0.3, -0.25) is 0 Å². The van der Waals surface area contributed by atoms with E-state index in [0.29, 0.717) is 11.1 Å². The summed E-state index contributed by atoms with van der Waals surface area (Å²) >= 11 is 1.67. The van der Waals surface area contributed by atoms with Crippen molar-refractivity contribution in [2.24, 2.45) is 0 Å². The van der Waals surface area contributed by atoms with E-state index in [9.17, 15) is 9.50 Å². The average molecular weight is 346 g/mol. The quantitative estimate of drug-likeness (QED) is 0.597. The Labute approximate surface area is 147 Å². The molecule has 0 fully saturated rings. The van der Waals surface area contributed by atoms with Crippen LogP contribution in [-0.2, 0) is 4.74 Å². The second-order valence-corrected chi connectivity index (χ2v) is 6.84. The van der Waals surface area contributed by atoms with Crippen LogP contribution in [0.4, 0.5) is 4.39 Å². The first kappa shape index (κ1) is 18.7. The Morgan fingerprint density at radius 3 is 2.29 bits per heavy atom. The Balaban J connectivity index is 2.71. The summed E-state index contributed by atoms with van der Waals surface area (Å²) in [4.78, 5) is 1.16. The highest BCUT2D eigenvalue weighted by Gasteiger charge is 2.28. The topological polar surface area (TPSA) is 29.5 Å². The first-order chi connectivity index (χ1) is 11.4. The third-order valence-corrected chi connectivity index (χ3v) is 4.87. The second-order valence-electron chi connectivity index (χ2n) is 5.96. The minimum Gasteiger partial charge on any atom is -0.392 e. The lowest BCUT2D eigenvalue weighted by molar-refractivity contribution is 0.0745. The molecule has 0 bridgehead atoms. The Kier molecular flexibility index (Phi) is 6.21. The van der Waals surface area contributed by atoms with Gasteiger partial charge in [0.1, 0.15) is 5.82 Å². The fourth-order valence-electron chi connectivity index (χ4n) is 2.74. The molecule has 0 radical (unpaired) electrons. The smallest absolute Gasteiger partial charge is 0.123 e. The standard InChI is InChI=1S/C20H23FO2S/c1-20(2,23-3)19(14-8-10-17(24-4)11-9-14)18(13-22)15-6-5-7-16(21)12-15/h5-12,22H,13H2,1-4H3. The lowest BCUT2D eigenvalue weighted by atomic mass is 9.84. The van der Waals surface area contributed by atoms with Gasteiger partial charge in [0.05, 0.1) is 12.2 Å². The minimum atomic E-state index is -0.634. The molecule has 24 heavy (non-hydrogen) atoms. The summed E-state index contributed by atoms with van der Waals surface area (Å²) in [5.41, 5.74) is 2.49. The molecule has 2 rings (SSSR count). The Bertz CT molecular complexity index is 721. The normalized spacial score (nSPS) is 12.9. The molecule has 0 aromatic heterocycles. The second kappa shape index (κ2) is 7.97. The van der Waals surface area contributed by atoms with Crippen molar-refractivity contribution in [2.45, 2.75) is 24.3 Å². The van der Waals surface area contributed by atoms with Crippen LogP contribution in [0.2, 0.25) is 0 Å². The van der Waals surface area contributed by atoms with Crippen LogP contribution in [0.1, 0.15) is 25.0 Å². The summed E-state index contributed by atoms with van der Waals surface area (Å²) in [5, 5.41) is 10.0. The van der Waals surface area contributed by atoms with Gasteiger partial charge >= 0.3 is 0 Å². The number of halogens is 1. The molecular formula is C20H23FO2S. The van der Waals surface area contributed by atoms with Crippen molar-refractivity contribution in [1.29, 1.82) is 0 Å². The maximum Gasteiger partial charge on any atom is 0.123 e. The van der Waals surface area contributed by atoms with Gasteiger partial charge in [0.25, 0.3) is 0 Å². The van der Waals surface area contributed by atoms with Crippen molar-refractivity contribution in [2.75, 3.05) is 20.0 Å². The van der Waals surface area contributed by atoms with Gasteiger partial charge < -0.3 is 9.84 Å². The summed E-state index contributed by atoms with van der Waals surface area (Å²) in [6.45, 7) is 3.69. The zero-order chi connectivity index (χ0) is 17.7. The number of rotatable bonds is 6. The molecule has 0 heterocycles. The van der Waals surface area contributed by atoms with Crippen LogP contribution in [0.15, 0.2) is 53.4 Å². The highest BCUT2D eigenvalue weighted by molar-refractivity contribution is 7.98. The van der Waals surface area contributed by atoms with E-state index in [-0.39, 0.29) is 12.4 Å². The van der Waals surface area contributed by atoms with Crippen LogP contribution in [0.25, 0.3) is 11.1 Å². The molecule has 0 aliphatic rings. The maximum absolute atomic E-state index is 13.7. The summed E-state index contributed by atoms with van der Waals surface area (Å²) in [6, 6.07) is 14.4. The molecule has 2 aromatic carbocycles. The van der Waals surface area contributed by atoms with Crippen LogP contribution in [0.3, 0.4) is 0 Å². The van der Waals surface area contributed by atoms with E-state index in [1.54, 1.807) is 31.0 Å². The van der Waals surface area contributed by atoms with Gasteiger partial charge in [0.15, 0.2) is 0 Å². The fourth-order valence-corrected chi connectivity index (χ4v) is 3.14. The van der Waals surface area contributed by atoms with Gasteiger partial charge in [-0.25, -0.2) is 4.39 Å². The van der Waals surface area contributed by atoms with Gasteiger partial charge in [0.2, 0.25) is 0 Å². The van der Waals surface area contributed by atoms with E-state index < -0.39 is 5.60 Å². The molecule has 2 aromatic rings. The third kappa shape index (κ3) is 4.07. The van der Waals surface area contributed by atoms with Crippen molar-refractivity contribution in [1.82, 2.24) is 0 Å². The lowest BCUT2D eigenvalue weighted by Crippen LogP contribution is -2.26. The van der Waals surface area contributed by atoms with E-state index in [0.717, 1.165) is 16.0 Å². The zero-order valence-electron chi connectivity index (χ0n) is 14.5. The molecule has 128 valence electrons. The monoisotopic (exact) mass is 346 g/mol. The number of ether oxygens (including phenoxy) is 1. The highest BCUT2D eigenvalue weighted by Crippen LogP contribution is 2.37. The van der Waals surface area contributed by atoms with Gasteiger partial charge in [-0.1, -0.05) is 24.3 Å². The molecule has 0 aliphatic carbocycles. The first-order valence-electron chi connectivity index (χ1n) is 7.73. The Morgan fingerprint density at radius 2 is 1.79 bits per heavy atom. The molecule has 0 amide bonds. The molecule has 0 saturated heterocycles. The number of benzene rings is 2. The van der Waals surface area contributed by atoms with Crippen LogP contribution in [0.5, 0.6) is 0 Å². The SMILES string of the molecule is COC(C)(C)C(=C(CO)c1cccc(F)c1)c1ccc(SC)cc1. The highest BCUT2D eigenvalue weighted by atomic mass is 32.2. The van der Waals surface area contributed by atoms with E-state index in [1.165, 1.54) is 12.1 Å². The third-order valence-electron chi connectivity index (χ3n) is 4.12. The summed E-state index contributed by atoms with van der Waals surface area (Å²) in [7, 11) is 1.64. The number of aliphatic hydroxyl groups is 1. The molecule has 2 nitrogen and oxygen atoms in total. The Hall–Kier alpha value is -1.62. The van der Waals surface area contributed by atoms with Crippen LogP contribution < -0.4 is 0 Å². The zero-order valence-corrected chi connectivity index (χ0v) is 15.3. The predicted molar refractivity (Wildman–Crippen MR) is 99.6 cm³/mol. The van der Waals surface area contributed by atoms with Gasteiger partial charge in [-0.05, 0) is 66.6 Å². The van der Waals surface area contributed by atoms with Crippen molar-refractivity contribution >= 4 is 22.9 Å². The van der Waals surface area contributed by atoms with Gasteiger partial charge in [0, 0.05) is 12.0 Å². The molecule has 0 spiro atoms. The van der Waals surface area contributed by atoms with Crippen molar-refractivity contribution in [3.05, 3.63) is 65.5 Å². The average Bonchev–Trinajstić information content (AvgIpc) is 2.59. The summed E-state index contributed by atoms with van der Waals surface area (Å²) in [5.74, 6) is -0.328. The molecule has 0 aliphatic heterocycles. The van der Waals surface area contributed by atoms with Crippen LogP contribution in [-0.4, -0.2) is 30.7 Å². The van der Waals surface area contributed by atoms with Crippen LogP contribution in [0, 0.1) is 5.82 Å². The van der Waals surface area contributed by atoms with Gasteiger partial charge in [-0.15, -0.1) is 11.8 Å². The number of thioether (sulfide) groups is 1. The minimum absolute atomic E-state index is 0.199. The van der Waals surface area contributed by atoms with E-state index in [2.05, 4.69) is 0 Å². The van der Waals surface area contributed by atoms with Crippen LogP contribution >= 0.6 is 11.8 Å². The number of hydrogen-bond acceptors (Lipinski definition) is 3. The van der Waals surface area contributed by atoms with Crippen molar-refractivity contribution in [3.8, 4) is 0 Å². The van der Waals surface area contributed by atoms with E-state index in [1.807, 2.05) is 44.4 Å². The fraction of sp³-hybridized carbons (Fsp3) is 0.300. The van der Waals surface area contributed by atoms with Gasteiger partial charge in [-0.2, -0.15) is 0 Å². The molecule has 0 unspecified atom stereocenters. The number of methoxy groups -OCH3 is 1.